The molecule has 156 valence electrons. The molecular weight excluding hydrogens is 370 g/mol. The summed E-state index contributed by atoms with van der Waals surface area (Å²) >= 11 is 0. The van der Waals surface area contributed by atoms with Gasteiger partial charge in [-0.1, -0.05) is 24.3 Å². The molecule has 1 fully saturated rings. The molecule has 1 aliphatic heterocycles. The van der Waals surface area contributed by atoms with Gasteiger partial charge in [-0.25, -0.2) is 4.79 Å². The van der Waals surface area contributed by atoms with Crippen LogP contribution in [0.25, 0.3) is 0 Å². The zero-order valence-electron chi connectivity index (χ0n) is 17.1. The minimum absolute atomic E-state index is 0.383. The number of hydrogen-bond donors (Lipinski definition) is 1. The number of benzene rings is 2. The highest BCUT2D eigenvalue weighted by atomic mass is 16.5. The molecule has 0 radical (unpaired) electrons. The lowest BCUT2D eigenvalue weighted by atomic mass is 10.2. The molecule has 7 heteroatoms. The molecule has 0 aliphatic carbocycles. The van der Waals surface area contributed by atoms with Gasteiger partial charge in [0.1, 0.15) is 11.5 Å². The maximum atomic E-state index is 12.0. The molecule has 2 aromatic rings. The highest BCUT2D eigenvalue weighted by Gasteiger charge is 2.19. The van der Waals surface area contributed by atoms with Crippen molar-refractivity contribution in [1.82, 2.24) is 4.90 Å². The Kier molecular flexibility index (Phi) is 7.58. The van der Waals surface area contributed by atoms with Crippen LogP contribution in [0.4, 0.5) is 16.2 Å². The number of hydrogen-bond acceptors (Lipinski definition) is 6. The van der Waals surface area contributed by atoms with Gasteiger partial charge in [0, 0.05) is 32.7 Å². The molecule has 0 bridgehead atoms. The zero-order chi connectivity index (χ0) is 20.5. The molecule has 0 saturated carbocycles. The zero-order valence-corrected chi connectivity index (χ0v) is 17.1. The number of ether oxygens (including phenoxy) is 3. The Morgan fingerprint density at radius 2 is 1.59 bits per heavy atom. The summed E-state index contributed by atoms with van der Waals surface area (Å²) in [7, 11) is 3.28. The molecule has 0 spiro atoms. The number of piperazine rings is 1. The topological polar surface area (TPSA) is 63.3 Å². The van der Waals surface area contributed by atoms with Crippen LogP contribution in [0, 0.1) is 0 Å². The summed E-state index contributed by atoms with van der Waals surface area (Å²) in [4.78, 5) is 16.7. The Bertz CT molecular complexity index is 791. The fraction of sp³-hybridized carbons (Fsp3) is 0.409. The molecule has 1 N–H and O–H groups in total. The van der Waals surface area contributed by atoms with E-state index in [1.165, 1.54) is 0 Å². The van der Waals surface area contributed by atoms with E-state index in [0.29, 0.717) is 18.0 Å². The second kappa shape index (κ2) is 10.6. The van der Waals surface area contributed by atoms with E-state index in [0.717, 1.165) is 50.6 Å². The van der Waals surface area contributed by atoms with Crippen molar-refractivity contribution in [3.8, 4) is 11.5 Å². The molecule has 1 saturated heterocycles. The molecule has 0 aromatic heterocycles. The smallest absolute Gasteiger partial charge is 0.411 e. The Balaban J connectivity index is 1.35. The van der Waals surface area contributed by atoms with E-state index < -0.39 is 6.09 Å². The molecule has 0 unspecified atom stereocenters. The number of amides is 1. The third-order valence-corrected chi connectivity index (χ3v) is 4.99. The number of nitrogens with one attached hydrogen (secondary N) is 1. The van der Waals surface area contributed by atoms with Crippen LogP contribution in [0.15, 0.2) is 48.5 Å². The van der Waals surface area contributed by atoms with Gasteiger partial charge in [-0.05, 0) is 30.7 Å². The summed E-state index contributed by atoms with van der Waals surface area (Å²) in [5, 5.41) is 2.72. The maximum Gasteiger partial charge on any atom is 0.411 e. The average Bonchev–Trinajstić information content (AvgIpc) is 2.77. The second-order valence-electron chi connectivity index (χ2n) is 6.82. The number of para-hydroxylation sites is 4. The molecule has 2 aromatic carbocycles. The highest BCUT2D eigenvalue weighted by molar-refractivity contribution is 5.86. The van der Waals surface area contributed by atoms with Gasteiger partial charge in [0.25, 0.3) is 0 Å². The van der Waals surface area contributed by atoms with Gasteiger partial charge in [0.2, 0.25) is 0 Å². The lowest BCUT2D eigenvalue weighted by Gasteiger charge is -2.36. The normalized spacial score (nSPS) is 14.3. The van der Waals surface area contributed by atoms with Gasteiger partial charge in [0.05, 0.1) is 32.2 Å². The Morgan fingerprint density at radius 1 is 0.931 bits per heavy atom. The van der Waals surface area contributed by atoms with E-state index in [1.54, 1.807) is 26.4 Å². The van der Waals surface area contributed by atoms with Crippen molar-refractivity contribution in [2.24, 2.45) is 0 Å². The van der Waals surface area contributed by atoms with Gasteiger partial charge in [0.15, 0.2) is 0 Å². The Labute approximate surface area is 172 Å². The first kappa shape index (κ1) is 20.8. The molecule has 29 heavy (non-hydrogen) atoms. The van der Waals surface area contributed by atoms with Crippen molar-refractivity contribution in [2.45, 2.75) is 6.42 Å². The predicted octanol–water partition coefficient (Wildman–Crippen LogP) is 3.46. The van der Waals surface area contributed by atoms with Gasteiger partial charge in [-0.2, -0.15) is 0 Å². The van der Waals surface area contributed by atoms with Crippen LogP contribution in [0.5, 0.6) is 11.5 Å². The third kappa shape index (κ3) is 5.77. The lowest BCUT2D eigenvalue weighted by molar-refractivity contribution is 0.151. The number of nitrogens with zero attached hydrogens (tertiary/aromatic N) is 2. The van der Waals surface area contributed by atoms with Gasteiger partial charge in [-0.3, -0.25) is 10.2 Å². The summed E-state index contributed by atoms with van der Waals surface area (Å²) in [5.74, 6) is 1.52. The lowest BCUT2D eigenvalue weighted by Crippen LogP contribution is -2.46. The van der Waals surface area contributed by atoms with E-state index >= 15 is 0 Å². The SMILES string of the molecule is COc1ccccc1NC(=O)OCCCN1CCN(c2ccccc2OC)CC1. The second-order valence-corrected chi connectivity index (χ2v) is 6.82. The average molecular weight is 399 g/mol. The number of carbonyl (C=O) groups is 1. The van der Waals surface area contributed by atoms with Crippen LogP contribution in [-0.4, -0.2) is 64.5 Å². The van der Waals surface area contributed by atoms with E-state index in [2.05, 4.69) is 21.2 Å². The van der Waals surface area contributed by atoms with E-state index in [4.69, 9.17) is 14.2 Å². The van der Waals surface area contributed by atoms with Crippen LogP contribution in [-0.2, 0) is 4.74 Å². The van der Waals surface area contributed by atoms with Crippen LogP contribution < -0.4 is 19.7 Å². The van der Waals surface area contributed by atoms with Crippen molar-refractivity contribution < 1.29 is 19.0 Å². The highest BCUT2D eigenvalue weighted by Crippen LogP contribution is 2.28. The van der Waals surface area contributed by atoms with Gasteiger partial charge in [-0.15, -0.1) is 0 Å². The van der Waals surface area contributed by atoms with Crippen LogP contribution in [0.2, 0.25) is 0 Å². The number of methoxy groups -OCH3 is 2. The first-order chi connectivity index (χ1) is 14.2. The molecule has 1 aliphatic rings. The Morgan fingerprint density at radius 3 is 2.31 bits per heavy atom. The van der Waals surface area contributed by atoms with Crippen molar-refractivity contribution in [1.29, 1.82) is 0 Å². The predicted molar refractivity (Wildman–Crippen MR) is 114 cm³/mol. The standard InChI is InChI=1S/C22H29N3O4/c1-27-20-10-5-3-8-18(20)23-22(26)29-17-7-12-24-13-15-25(16-14-24)19-9-4-6-11-21(19)28-2/h3-6,8-11H,7,12-17H2,1-2H3,(H,23,26). The molecule has 1 amide bonds. The first-order valence-corrected chi connectivity index (χ1v) is 9.88. The monoisotopic (exact) mass is 399 g/mol. The summed E-state index contributed by atoms with van der Waals surface area (Å²) < 4.78 is 16.0. The minimum atomic E-state index is -0.463. The van der Waals surface area contributed by atoms with E-state index in [-0.39, 0.29) is 0 Å². The molecular formula is C22H29N3O4. The molecule has 3 rings (SSSR count). The van der Waals surface area contributed by atoms with Crippen molar-refractivity contribution in [3.63, 3.8) is 0 Å². The quantitative estimate of drug-likeness (QED) is 0.686. The number of carbonyl (C=O) groups excluding carboxylic acids is 1. The van der Waals surface area contributed by atoms with Crippen molar-refractivity contribution in [2.75, 3.05) is 63.8 Å². The number of rotatable bonds is 8. The summed E-state index contributed by atoms with van der Waals surface area (Å²) in [6, 6.07) is 15.4. The van der Waals surface area contributed by atoms with Gasteiger partial charge >= 0.3 is 6.09 Å². The van der Waals surface area contributed by atoms with E-state index in [1.807, 2.05) is 30.3 Å². The van der Waals surface area contributed by atoms with E-state index in [9.17, 15) is 4.79 Å². The Hall–Kier alpha value is -2.93. The minimum Gasteiger partial charge on any atom is -0.495 e. The fourth-order valence-electron chi connectivity index (χ4n) is 3.45. The van der Waals surface area contributed by atoms with Crippen molar-refractivity contribution >= 4 is 17.5 Å². The van der Waals surface area contributed by atoms with Crippen LogP contribution in [0.3, 0.4) is 0 Å². The fourth-order valence-corrected chi connectivity index (χ4v) is 3.45. The summed E-state index contributed by atoms with van der Waals surface area (Å²) in [5.41, 5.74) is 1.75. The molecule has 7 nitrogen and oxygen atoms in total. The molecule has 0 atom stereocenters. The maximum absolute atomic E-state index is 12.0. The summed E-state index contributed by atoms with van der Waals surface area (Å²) in [6.07, 6.45) is 0.337. The largest absolute Gasteiger partial charge is 0.495 e. The third-order valence-electron chi connectivity index (χ3n) is 4.99. The summed E-state index contributed by atoms with van der Waals surface area (Å²) in [6.45, 7) is 5.15. The molecule has 1 heterocycles. The van der Waals surface area contributed by atoms with Crippen molar-refractivity contribution in [3.05, 3.63) is 48.5 Å². The van der Waals surface area contributed by atoms with Crippen LogP contribution in [0.1, 0.15) is 6.42 Å². The van der Waals surface area contributed by atoms with Crippen LogP contribution >= 0.6 is 0 Å². The van der Waals surface area contributed by atoms with Gasteiger partial charge < -0.3 is 19.1 Å². The first-order valence-electron chi connectivity index (χ1n) is 9.88. The number of anilines is 2.